The van der Waals surface area contributed by atoms with Gasteiger partial charge in [-0.2, -0.15) is 0 Å². The lowest BCUT2D eigenvalue weighted by molar-refractivity contribution is 0.768. The van der Waals surface area contributed by atoms with Crippen LogP contribution in [0.2, 0.25) is 0 Å². The van der Waals surface area contributed by atoms with E-state index in [1.807, 2.05) is 45.0 Å². The van der Waals surface area contributed by atoms with Crippen molar-refractivity contribution >= 4 is 0 Å². The summed E-state index contributed by atoms with van der Waals surface area (Å²) in [6.07, 6.45) is 0. The van der Waals surface area contributed by atoms with Gasteiger partial charge in [0.05, 0.1) is 5.69 Å². The Morgan fingerprint density at radius 3 is 2.65 bits per heavy atom. The molecule has 0 aliphatic carbocycles. The van der Waals surface area contributed by atoms with Crippen LogP contribution in [0.5, 0.6) is 0 Å². The molecule has 1 aromatic heterocycles. The molecule has 3 heteroatoms. The van der Waals surface area contributed by atoms with Crippen LogP contribution < -0.4 is 5.56 Å². The first kappa shape index (κ1) is 11.6. The molecule has 88 valence electrons. The van der Waals surface area contributed by atoms with Gasteiger partial charge in [0.25, 0.3) is 5.56 Å². The van der Waals surface area contributed by atoms with Crippen molar-refractivity contribution in [3.8, 4) is 11.3 Å². The van der Waals surface area contributed by atoms with Crippen LogP contribution >= 0.6 is 0 Å². The van der Waals surface area contributed by atoms with Crippen molar-refractivity contribution in [3.05, 3.63) is 52.1 Å². The minimum Gasteiger partial charge on any atom is -0.310 e. The number of rotatable bonds is 2. The van der Waals surface area contributed by atoms with Gasteiger partial charge in [-0.25, -0.2) is 4.98 Å². The van der Waals surface area contributed by atoms with Crippen molar-refractivity contribution in [1.29, 1.82) is 0 Å². The molecule has 2 aromatic rings. The monoisotopic (exact) mass is 228 g/mol. The number of aryl methyl sites for hydroxylation is 1. The van der Waals surface area contributed by atoms with Crippen molar-refractivity contribution in [2.24, 2.45) is 0 Å². The highest BCUT2D eigenvalue weighted by Crippen LogP contribution is 2.18. The van der Waals surface area contributed by atoms with Gasteiger partial charge in [0, 0.05) is 17.5 Å². The van der Waals surface area contributed by atoms with Gasteiger partial charge >= 0.3 is 0 Å². The Hall–Kier alpha value is -1.90. The van der Waals surface area contributed by atoms with E-state index in [0.29, 0.717) is 0 Å². The first-order valence-electron chi connectivity index (χ1n) is 5.74. The molecule has 1 heterocycles. The molecule has 0 aliphatic rings. The average Bonchev–Trinajstić information content (AvgIpc) is 2.28. The molecule has 1 N–H and O–H groups in total. The summed E-state index contributed by atoms with van der Waals surface area (Å²) in [5.41, 5.74) is 2.79. The topological polar surface area (TPSA) is 45.8 Å². The zero-order chi connectivity index (χ0) is 12.4. The molecule has 0 unspecified atom stereocenters. The highest BCUT2D eigenvalue weighted by molar-refractivity contribution is 5.59. The maximum Gasteiger partial charge on any atom is 0.251 e. The smallest absolute Gasteiger partial charge is 0.251 e. The fourth-order valence-corrected chi connectivity index (χ4v) is 1.70. The van der Waals surface area contributed by atoms with E-state index in [1.165, 1.54) is 0 Å². The van der Waals surface area contributed by atoms with Gasteiger partial charge in [-0.15, -0.1) is 0 Å². The van der Waals surface area contributed by atoms with Crippen molar-refractivity contribution in [3.63, 3.8) is 0 Å². The highest BCUT2D eigenvalue weighted by Gasteiger charge is 2.06. The van der Waals surface area contributed by atoms with Crippen LogP contribution in [0.3, 0.4) is 0 Å². The molecule has 0 atom stereocenters. The average molecular weight is 228 g/mol. The van der Waals surface area contributed by atoms with Crippen molar-refractivity contribution < 1.29 is 0 Å². The standard InChI is InChI=1S/C14H16N2O/c1-9(2)14-15-12(8-13(17)16-14)11-6-4-5-10(3)7-11/h4-9H,1-3H3,(H,15,16,17). The summed E-state index contributed by atoms with van der Waals surface area (Å²) in [5.74, 6) is 0.946. The Morgan fingerprint density at radius 2 is 2.00 bits per heavy atom. The Bertz CT molecular complexity index is 585. The molecule has 0 spiro atoms. The van der Waals surface area contributed by atoms with E-state index >= 15 is 0 Å². The summed E-state index contributed by atoms with van der Waals surface area (Å²) in [6, 6.07) is 9.55. The van der Waals surface area contributed by atoms with Gasteiger partial charge in [0.2, 0.25) is 0 Å². The minimum absolute atomic E-state index is 0.0970. The number of H-pyrrole nitrogens is 1. The molecule has 0 radical (unpaired) electrons. The molecule has 0 saturated carbocycles. The van der Waals surface area contributed by atoms with Crippen LogP contribution in [0.4, 0.5) is 0 Å². The summed E-state index contributed by atoms with van der Waals surface area (Å²) in [4.78, 5) is 18.8. The van der Waals surface area contributed by atoms with Gasteiger partial charge in [-0.3, -0.25) is 4.79 Å². The molecule has 3 nitrogen and oxygen atoms in total. The lowest BCUT2D eigenvalue weighted by atomic mass is 10.1. The first-order valence-corrected chi connectivity index (χ1v) is 5.74. The number of aromatic amines is 1. The molecule has 0 fully saturated rings. The second-order valence-electron chi connectivity index (χ2n) is 4.54. The predicted molar refractivity (Wildman–Crippen MR) is 69.1 cm³/mol. The number of hydrogen-bond acceptors (Lipinski definition) is 2. The lowest BCUT2D eigenvalue weighted by Crippen LogP contribution is -2.12. The van der Waals surface area contributed by atoms with Crippen LogP contribution in [0.15, 0.2) is 35.1 Å². The van der Waals surface area contributed by atoms with Crippen LogP contribution in [-0.4, -0.2) is 9.97 Å². The van der Waals surface area contributed by atoms with E-state index < -0.39 is 0 Å². The van der Waals surface area contributed by atoms with Gasteiger partial charge in [0.1, 0.15) is 5.82 Å². The largest absolute Gasteiger partial charge is 0.310 e. The fourth-order valence-electron chi connectivity index (χ4n) is 1.70. The maximum absolute atomic E-state index is 11.6. The quantitative estimate of drug-likeness (QED) is 0.859. The molecule has 2 rings (SSSR count). The first-order chi connectivity index (χ1) is 8.06. The Labute approximate surface area is 101 Å². The minimum atomic E-state index is -0.0970. The van der Waals surface area contributed by atoms with Gasteiger partial charge in [0.15, 0.2) is 0 Å². The predicted octanol–water partition coefficient (Wildman–Crippen LogP) is 2.87. The molecular weight excluding hydrogens is 212 g/mol. The number of hydrogen-bond donors (Lipinski definition) is 1. The highest BCUT2D eigenvalue weighted by atomic mass is 16.1. The fraction of sp³-hybridized carbons (Fsp3) is 0.286. The molecule has 17 heavy (non-hydrogen) atoms. The van der Waals surface area contributed by atoms with E-state index in [4.69, 9.17) is 0 Å². The molecule has 1 aromatic carbocycles. The number of aromatic nitrogens is 2. The summed E-state index contributed by atoms with van der Waals surface area (Å²) < 4.78 is 0. The van der Waals surface area contributed by atoms with E-state index in [-0.39, 0.29) is 11.5 Å². The summed E-state index contributed by atoms with van der Waals surface area (Å²) in [6.45, 7) is 6.05. The van der Waals surface area contributed by atoms with Gasteiger partial charge in [-0.05, 0) is 13.0 Å². The third kappa shape index (κ3) is 2.61. The molecular formula is C14H16N2O. The second kappa shape index (κ2) is 4.53. The van der Waals surface area contributed by atoms with Crippen molar-refractivity contribution in [2.75, 3.05) is 0 Å². The van der Waals surface area contributed by atoms with Crippen LogP contribution in [0.25, 0.3) is 11.3 Å². The normalized spacial score (nSPS) is 10.8. The van der Waals surface area contributed by atoms with E-state index in [0.717, 1.165) is 22.6 Å². The number of benzene rings is 1. The van der Waals surface area contributed by atoms with E-state index in [2.05, 4.69) is 9.97 Å². The van der Waals surface area contributed by atoms with Crippen LogP contribution in [0, 0.1) is 6.92 Å². The number of nitrogens with one attached hydrogen (secondary N) is 1. The van der Waals surface area contributed by atoms with Crippen LogP contribution in [0.1, 0.15) is 31.2 Å². The lowest BCUT2D eigenvalue weighted by Gasteiger charge is -2.07. The maximum atomic E-state index is 11.6. The second-order valence-corrected chi connectivity index (χ2v) is 4.54. The third-order valence-electron chi connectivity index (χ3n) is 2.62. The summed E-state index contributed by atoms with van der Waals surface area (Å²) in [5, 5.41) is 0. The van der Waals surface area contributed by atoms with Crippen molar-refractivity contribution in [2.45, 2.75) is 26.7 Å². The Kier molecular flexibility index (Phi) is 3.09. The molecule has 0 aliphatic heterocycles. The zero-order valence-electron chi connectivity index (χ0n) is 10.3. The third-order valence-corrected chi connectivity index (χ3v) is 2.62. The SMILES string of the molecule is Cc1cccc(-c2cc(=O)[nH]c(C(C)C)n2)c1. The Balaban J connectivity index is 2.56. The van der Waals surface area contributed by atoms with E-state index in [1.54, 1.807) is 6.07 Å². The Morgan fingerprint density at radius 1 is 1.24 bits per heavy atom. The molecule has 0 amide bonds. The van der Waals surface area contributed by atoms with E-state index in [9.17, 15) is 4.79 Å². The molecule has 0 bridgehead atoms. The summed E-state index contributed by atoms with van der Waals surface area (Å²) >= 11 is 0. The van der Waals surface area contributed by atoms with Crippen molar-refractivity contribution in [1.82, 2.24) is 9.97 Å². The zero-order valence-corrected chi connectivity index (χ0v) is 10.3. The van der Waals surface area contributed by atoms with Gasteiger partial charge < -0.3 is 4.98 Å². The van der Waals surface area contributed by atoms with Gasteiger partial charge in [-0.1, -0.05) is 37.6 Å². The molecule has 0 saturated heterocycles. The van der Waals surface area contributed by atoms with Crippen LogP contribution in [-0.2, 0) is 0 Å². The summed E-state index contributed by atoms with van der Waals surface area (Å²) in [7, 11) is 0. The number of nitrogens with zero attached hydrogens (tertiary/aromatic N) is 1.